The Balaban J connectivity index is 1.21. The molecule has 1 aliphatic carbocycles. The third-order valence-electron chi connectivity index (χ3n) is 6.23. The van der Waals surface area contributed by atoms with Crippen molar-refractivity contribution in [3.63, 3.8) is 0 Å². The first-order valence-electron chi connectivity index (χ1n) is 10.1. The third-order valence-corrected chi connectivity index (χ3v) is 6.23. The van der Waals surface area contributed by atoms with Gasteiger partial charge in [0, 0.05) is 13.1 Å². The summed E-state index contributed by atoms with van der Waals surface area (Å²) in [5, 5.41) is 14.0. The highest BCUT2D eigenvalue weighted by molar-refractivity contribution is 5.38. The molecule has 138 valence electrons. The van der Waals surface area contributed by atoms with Gasteiger partial charge < -0.3 is 20.1 Å². The maximum absolute atomic E-state index is 10.7. The van der Waals surface area contributed by atoms with E-state index in [-0.39, 0.29) is 0 Å². The Kier molecular flexibility index (Phi) is 5.30. The highest BCUT2D eigenvalue weighted by Gasteiger charge is 2.32. The minimum atomic E-state index is -0.522. The number of rotatable bonds is 5. The molecule has 1 aromatic rings. The molecule has 2 saturated heterocycles. The van der Waals surface area contributed by atoms with Gasteiger partial charge in [-0.2, -0.15) is 0 Å². The zero-order valence-electron chi connectivity index (χ0n) is 15.3. The molecule has 3 aliphatic rings. The predicted molar refractivity (Wildman–Crippen MR) is 100 cm³/mol. The van der Waals surface area contributed by atoms with Crippen molar-refractivity contribution in [3.8, 4) is 5.75 Å². The predicted octanol–water partition coefficient (Wildman–Crippen LogP) is 2.38. The average molecular weight is 344 g/mol. The van der Waals surface area contributed by atoms with Crippen molar-refractivity contribution >= 4 is 0 Å². The molecule has 1 atom stereocenters. The van der Waals surface area contributed by atoms with Crippen LogP contribution in [-0.2, 0) is 12.8 Å². The second-order valence-corrected chi connectivity index (χ2v) is 8.32. The topological polar surface area (TPSA) is 44.7 Å². The van der Waals surface area contributed by atoms with Gasteiger partial charge in [-0.05, 0) is 93.8 Å². The number of fused-ring (bicyclic) bond motifs is 1. The molecule has 1 unspecified atom stereocenters. The van der Waals surface area contributed by atoms with Crippen LogP contribution in [0.5, 0.6) is 5.75 Å². The first-order chi connectivity index (χ1) is 12.2. The summed E-state index contributed by atoms with van der Waals surface area (Å²) in [5.41, 5.74) is 2.48. The van der Waals surface area contributed by atoms with Crippen molar-refractivity contribution < 1.29 is 9.84 Å². The normalized spacial score (nSPS) is 28.0. The van der Waals surface area contributed by atoms with Crippen molar-refractivity contribution in [2.75, 3.05) is 39.3 Å². The minimum Gasteiger partial charge on any atom is -0.493 e. The van der Waals surface area contributed by atoms with Crippen molar-refractivity contribution in [2.24, 2.45) is 5.92 Å². The van der Waals surface area contributed by atoms with Gasteiger partial charge >= 0.3 is 0 Å². The number of hydrogen-bond acceptors (Lipinski definition) is 4. The van der Waals surface area contributed by atoms with Gasteiger partial charge in [-0.25, -0.2) is 0 Å². The standard InChI is InChI=1S/C21H32N2O2/c24-21(9-2-10-22-15-21)16-23-11-7-17(8-12-23)14-25-20-6-5-18-3-1-4-19(18)13-20/h5-6,13,17,22,24H,1-4,7-12,14-16H2. The van der Waals surface area contributed by atoms with E-state index >= 15 is 0 Å². The number of likely N-dealkylation sites (tertiary alicyclic amines) is 1. The molecular formula is C21H32N2O2. The van der Waals surface area contributed by atoms with E-state index in [1.807, 2.05) is 0 Å². The average Bonchev–Trinajstić information content (AvgIpc) is 3.09. The van der Waals surface area contributed by atoms with E-state index in [0.29, 0.717) is 5.92 Å². The number of ether oxygens (including phenoxy) is 1. The number of nitrogens with zero attached hydrogens (tertiary/aromatic N) is 1. The van der Waals surface area contributed by atoms with Crippen LogP contribution in [0, 0.1) is 5.92 Å². The molecule has 2 aliphatic heterocycles. The van der Waals surface area contributed by atoms with E-state index in [1.165, 1.54) is 43.2 Å². The van der Waals surface area contributed by atoms with Gasteiger partial charge in [0.1, 0.15) is 5.75 Å². The van der Waals surface area contributed by atoms with E-state index < -0.39 is 5.60 Å². The van der Waals surface area contributed by atoms with Crippen molar-refractivity contribution in [2.45, 2.75) is 50.5 Å². The molecule has 0 bridgehead atoms. The van der Waals surface area contributed by atoms with Gasteiger partial charge in [0.25, 0.3) is 0 Å². The maximum atomic E-state index is 10.7. The number of piperidine rings is 2. The van der Waals surface area contributed by atoms with E-state index in [0.717, 1.165) is 57.9 Å². The molecule has 2 N–H and O–H groups in total. The fourth-order valence-corrected chi connectivity index (χ4v) is 4.67. The van der Waals surface area contributed by atoms with Crippen LogP contribution in [0.25, 0.3) is 0 Å². The largest absolute Gasteiger partial charge is 0.493 e. The van der Waals surface area contributed by atoms with Crippen LogP contribution in [0.4, 0.5) is 0 Å². The molecule has 0 radical (unpaired) electrons. The zero-order valence-corrected chi connectivity index (χ0v) is 15.3. The lowest BCUT2D eigenvalue weighted by Gasteiger charge is -2.40. The molecular weight excluding hydrogens is 312 g/mol. The van der Waals surface area contributed by atoms with Gasteiger partial charge in [-0.15, -0.1) is 0 Å². The first kappa shape index (κ1) is 17.3. The molecule has 0 saturated carbocycles. The number of β-amino-alcohol motifs (C(OH)–C–C–N with tert-alkyl or cyclic N) is 1. The monoisotopic (exact) mass is 344 g/mol. The number of nitrogens with one attached hydrogen (secondary N) is 1. The number of hydrogen-bond donors (Lipinski definition) is 2. The van der Waals surface area contributed by atoms with Gasteiger partial charge in [0.15, 0.2) is 0 Å². The van der Waals surface area contributed by atoms with Gasteiger partial charge in [0.05, 0.1) is 12.2 Å². The third kappa shape index (κ3) is 4.36. The van der Waals surface area contributed by atoms with Crippen LogP contribution in [0.2, 0.25) is 0 Å². The summed E-state index contributed by atoms with van der Waals surface area (Å²) in [4.78, 5) is 2.44. The Labute approximate surface area is 151 Å². The molecule has 0 aromatic heterocycles. The van der Waals surface area contributed by atoms with Crippen LogP contribution in [0.15, 0.2) is 18.2 Å². The molecule has 0 amide bonds. The summed E-state index contributed by atoms with van der Waals surface area (Å²) >= 11 is 0. The quantitative estimate of drug-likeness (QED) is 0.861. The number of aryl methyl sites for hydroxylation is 2. The van der Waals surface area contributed by atoms with Crippen LogP contribution < -0.4 is 10.1 Å². The summed E-state index contributed by atoms with van der Waals surface area (Å²) in [6, 6.07) is 6.65. The van der Waals surface area contributed by atoms with E-state index in [1.54, 1.807) is 0 Å². The van der Waals surface area contributed by atoms with Gasteiger partial charge in [-0.3, -0.25) is 0 Å². The summed E-state index contributed by atoms with van der Waals surface area (Å²) < 4.78 is 6.10. The fraction of sp³-hybridized carbons (Fsp3) is 0.714. The first-order valence-corrected chi connectivity index (χ1v) is 10.1. The SMILES string of the molecule is OC1(CN2CCC(COc3ccc4c(c3)CCC4)CC2)CCCNC1. The van der Waals surface area contributed by atoms with E-state index in [4.69, 9.17) is 4.74 Å². The van der Waals surface area contributed by atoms with E-state index in [2.05, 4.69) is 28.4 Å². The van der Waals surface area contributed by atoms with Gasteiger partial charge in [-0.1, -0.05) is 6.07 Å². The lowest BCUT2D eigenvalue weighted by Crippen LogP contribution is -2.54. The Morgan fingerprint density at radius 2 is 2.00 bits per heavy atom. The van der Waals surface area contributed by atoms with Crippen LogP contribution in [0.3, 0.4) is 0 Å². The molecule has 4 rings (SSSR count). The Hall–Kier alpha value is -1.10. The Bertz CT molecular complexity index is 575. The Morgan fingerprint density at radius 3 is 2.80 bits per heavy atom. The summed E-state index contributed by atoms with van der Waals surface area (Å²) in [6.45, 7) is 5.61. The van der Waals surface area contributed by atoms with Crippen LogP contribution >= 0.6 is 0 Å². The maximum Gasteiger partial charge on any atom is 0.119 e. The second kappa shape index (κ2) is 7.65. The minimum absolute atomic E-state index is 0.522. The zero-order chi connectivity index (χ0) is 17.1. The highest BCUT2D eigenvalue weighted by atomic mass is 16.5. The molecule has 25 heavy (non-hydrogen) atoms. The molecule has 1 aromatic carbocycles. The lowest BCUT2D eigenvalue weighted by atomic mass is 9.91. The molecule has 2 heterocycles. The highest BCUT2D eigenvalue weighted by Crippen LogP contribution is 2.27. The lowest BCUT2D eigenvalue weighted by molar-refractivity contribution is -0.0238. The number of aliphatic hydroxyl groups is 1. The summed E-state index contributed by atoms with van der Waals surface area (Å²) in [7, 11) is 0. The second-order valence-electron chi connectivity index (χ2n) is 8.32. The van der Waals surface area contributed by atoms with Crippen molar-refractivity contribution in [3.05, 3.63) is 29.3 Å². The molecule has 2 fully saturated rings. The fourth-order valence-electron chi connectivity index (χ4n) is 4.67. The Morgan fingerprint density at radius 1 is 1.16 bits per heavy atom. The van der Waals surface area contributed by atoms with Crippen molar-refractivity contribution in [1.82, 2.24) is 10.2 Å². The van der Waals surface area contributed by atoms with Crippen LogP contribution in [-0.4, -0.2) is 54.9 Å². The molecule has 4 nitrogen and oxygen atoms in total. The number of benzene rings is 1. The molecule has 0 spiro atoms. The van der Waals surface area contributed by atoms with Gasteiger partial charge in [0.2, 0.25) is 0 Å². The summed E-state index contributed by atoms with van der Waals surface area (Å²) in [5.74, 6) is 1.69. The van der Waals surface area contributed by atoms with E-state index in [9.17, 15) is 5.11 Å². The summed E-state index contributed by atoms with van der Waals surface area (Å²) in [6.07, 6.45) is 8.10. The van der Waals surface area contributed by atoms with Crippen molar-refractivity contribution in [1.29, 1.82) is 0 Å². The smallest absolute Gasteiger partial charge is 0.119 e. The molecule has 4 heteroatoms. The van der Waals surface area contributed by atoms with Crippen LogP contribution in [0.1, 0.15) is 43.2 Å².